The Kier molecular flexibility index (Phi) is 5.18. The van der Waals surface area contributed by atoms with E-state index >= 15 is 0 Å². The van der Waals surface area contributed by atoms with Crippen molar-refractivity contribution in [3.05, 3.63) is 87.1 Å². The number of hydrogen-bond acceptors (Lipinski definition) is 5. The minimum atomic E-state index is -3.15. The normalized spacial score (nSPS) is 13.8. The first-order valence-electron chi connectivity index (χ1n) is 10.6. The molecular formula is C23H19F3N6O2. The number of amides is 1. The van der Waals surface area contributed by atoms with Gasteiger partial charge in [0.1, 0.15) is 5.82 Å². The molecular weight excluding hydrogens is 449 g/mol. The SMILES string of the molecule is CC(F)(F)c1nnc2n1CCN(C(=O)c1cc(Cc3n[nH]c(=O)c4ccccc34)ccc1F)C2. The Balaban J connectivity index is 1.42. The van der Waals surface area contributed by atoms with Gasteiger partial charge < -0.3 is 9.47 Å². The maximum absolute atomic E-state index is 14.6. The molecule has 0 saturated carbocycles. The molecule has 11 heteroatoms. The van der Waals surface area contributed by atoms with E-state index in [1.165, 1.54) is 21.6 Å². The standard InChI is InChI=1S/C23H19F3N6O2/c1-23(25,26)22-30-28-19-12-31(8-9-32(19)22)21(34)16-10-13(6-7-17(16)24)11-18-14-4-2-3-5-15(14)20(33)29-27-18/h2-7,10H,8-9,11-12H2,1H3,(H,29,33). The first-order valence-corrected chi connectivity index (χ1v) is 10.6. The number of rotatable bonds is 4. The van der Waals surface area contributed by atoms with Gasteiger partial charge >= 0.3 is 5.92 Å². The van der Waals surface area contributed by atoms with Gasteiger partial charge in [-0.1, -0.05) is 24.3 Å². The highest BCUT2D eigenvalue weighted by Gasteiger charge is 2.35. The van der Waals surface area contributed by atoms with Crippen LogP contribution >= 0.6 is 0 Å². The fourth-order valence-electron chi connectivity index (χ4n) is 4.17. The van der Waals surface area contributed by atoms with Crippen LogP contribution in [0, 0.1) is 5.82 Å². The molecule has 5 rings (SSSR count). The van der Waals surface area contributed by atoms with Crippen molar-refractivity contribution >= 4 is 16.7 Å². The number of nitrogens with zero attached hydrogens (tertiary/aromatic N) is 5. The van der Waals surface area contributed by atoms with Crippen molar-refractivity contribution in [1.29, 1.82) is 0 Å². The maximum Gasteiger partial charge on any atom is 0.304 e. The summed E-state index contributed by atoms with van der Waals surface area (Å²) < 4.78 is 43.4. The Bertz CT molecular complexity index is 1470. The number of alkyl halides is 2. The van der Waals surface area contributed by atoms with Gasteiger partial charge in [-0.2, -0.15) is 13.9 Å². The first kappa shape index (κ1) is 21.8. The molecule has 3 heterocycles. The van der Waals surface area contributed by atoms with Crippen LogP contribution in [0.3, 0.4) is 0 Å². The van der Waals surface area contributed by atoms with Crippen LogP contribution in [0.25, 0.3) is 10.8 Å². The second-order valence-electron chi connectivity index (χ2n) is 8.24. The Morgan fingerprint density at radius 2 is 1.88 bits per heavy atom. The van der Waals surface area contributed by atoms with Crippen LogP contribution in [-0.2, 0) is 25.4 Å². The van der Waals surface area contributed by atoms with Gasteiger partial charge in [0, 0.05) is 31.8 Å². The van der Waals surface area contributed by atoms with Crippen LogP contribution in [0.1, 0.15) is 40.2 Å². The molecule has 1 aliphatic heterocycles. The van der Waals surface area contributed by atoms with Crippen LogP contribution in [0.2, 0.25) is 0 Å². The molecule has 0 bridgehead atoms. The molecule has 1 aliphatic rings. The fraction of sp³-hybridized carbons (Fsp3) is 0.261. The van der Waals surface area contributed by atoms with Crippen molar-refractivity contribution in [1.82, 2.24) is 29.9 Å². The van der Waals surface area contributed by atoms with E-state index in [1.54, 1.807) is 30.3 Å². The van der Waals surface area contributed by atoms with Gasteiger partial charge in [-0.3, -0.25) is 9.59 Å². The number of H-pyrrole nitrogens is 1. The summed E-state index contributed by atoms with van der Waals surface area (Å²) in [5.74, 6) is -4.66. The van der Waals surface area contributed by atoms with Crippen molar-refractivity contribution in [3.8, 4) is 0 Å². The highest BCUT2D eigenvalue weighted by atomic mass is 19.3. The van der Waals surface area contributed by atoms with Crippen molar-refractivity contribution in [3.63, 3.8) is 0 Å². The highest BCUT2D eigenvalue weighted by molar-refractivity contribution is 5.94. The van der Waals surface area contributed by atoms with E-state index < -0.39 is 23.5 Å². The lowest BCUT2D eigenvalue weighted by Crippen LogP contribution is -2.39. The van der Waals surface area contributed by atoms with Gasteiger partial charge in [-0.05, 0) is 23.8 Å². The zero-order valence-electron chi connectivity index (χ0n) is 18.1. The van der Waals surface area contributed by atoms with E-state index in [9.17, 15) is 22.8 Å². The predicted octanol–water partition coefficient (Wildman–Crippen LogP) is 3.01. The summed E-state index contributed by atoms with van der Waals surface area (Å²) in [5.41, 5.74) is 0.762. The predicted molar refractivity (Wildman–Crippen MR) is 116 cm³/mol. The minimum Gasteiger partial charge on any atom is -0.329 e. The third-order valence-electron chi connectivity index (χ3n) is 5.84. The zero-order chi connectivity index (χ0) is 24.0. The van der Waals surface area contributed by atoms with Gasteiger partial charge in [0.05, 0.1) is 23.2 Å². The van der Waals surface area contributed by atoms with Crippen molar-refractivity contribution in [2.24, 2.45) is 0 Å². The summed E-state index contributed by atoms with van der Waals surface area (Å²) >= 11 is 0. The number of halogens is 3. The molecule has 0 spiro atoms. The van der Waals surface area contributed by atoms with Crippen molar-refractivity contribution < 1.29 is 18.0 Å². The molecule has 4 aromatic rings. The molecule has 0 aliphatic carbocycles. The number of carbonyl (C=O) groups excluding carboxylic acids is 1. The smallest absolute Gasteiger partial charge is 0.304 e. The summed E-state index contributed by atoms with van der Waals surface area (Å²) in [6.45, 7) is 0.880. The molecule has 0 atom stereocenters. The average Bonchev–Trinajstić information content (AvgIpc) is 3.26. The topological polar surface area (TPSA) is 96.8 Å². The molecule has 0 saturated heterocycles. The van der Waals surface area contributed by atoms with Crippen LogP contribution in [0.15, 0.2) is 47.3 Å². The van der Waals surface area contributed by atoms with Crippen molar-refractivity contribution in [2.75, 3.05) is 6.54 Å². The molecule has 174 valence electrons. The largest absolute Gasteiger partial charge is 0.329 e. The van der Waals surface area contributed by atoms with Gasteiger partial charge in [0.2, 0.25) is 5.82 Å². The molecule has 0 unspecified atom stereocenters. The molecule has 0 fully saturated rings. The Morgan fingerprint density at radius 3 is 2.65 bits per heavy atom. The molecule has 34 heavy (non-hydrogen) atoms. The summed E-state index contributed by atoms with van der Waals surface area (Å²) in [5, 5.41) is 15.1. The van der Waals surface area contributed by atoms with E-state index in [1.807, 2.05) is 0 Å². The first-order chi connectivity index (χ1) is 16.2. The third kappa shape index (κ3) is 3.82. The third-order valence-corrected chi connectivity index (χ3v) is 5.84. The summed E-state index contributed by atoms with van der Waals surface area (Å²) in [6, 6.07) is 11.2. The number of benzene rings is 2. The lowest BCUT2D eigenvalue weighted by molar-refractivity contribution is 0.00229. The Morgan fingerprint density at radius 1 is 1.12 bits per heavy atom. The van der Waals surface area contributed by atoms with E-state index in [0.29, 0.717) is 22.0 Å². The monoisotopic (exact) mass is 468 g/mol. The molecule has 2 aromatic carbocycles. The van der Waals surface area contributed by atoms with E-state index in [4.69, 9.17) is 0 Å². The summed E-state index contributed by atoms with van der Waals surface area (Å²) in [6.07, 6.45) is 0.265. The number of fused-ring (bicyclic) bond motifs is 2. The number of aromatic nitrogens is 5. The Hall–Kier alpha value is -4.02. The van der Waals surface area contributed by atoms with E-state index in [2.05, 4.69) is 20.4 Å². The summed E-state index contributed by atoms with van der Waals surface area (Å²) in [4.78, 5) is 26.5. The van der Waals surface area contributed by atoms with Gasteiger partial charge in [-0.15, -0.1) is 10.2 Å². The Labute approximate surface area is 191 Å². The van der Waals surface area contributed by atoms with Gasteiger partial charge in [0.15, 0.2) is 5.82 Å². The van der Waals surface area contributed by atoms with Crippen molar-refractivity contribution in [2.45, 2.75) is 32.4 Å². The minimum absolute atomic E-state index is 0.0578. The average molecular weight is 468 g/mol. The van der Waals surface area contributed by atoms with Crippen LogP contribution in [-0.4, -0.2) is 42.3 Å². The molecule has 8 nitrogen and oxygen atoms in total. The van der Waals surface area contributed by atoms with Gasteiger partial charge in [-0.25, -0.2) is 9.49 Å². The second-order valence-corrected chi connectivity index (χ2v) is 8.24. The number of nitrogens with one attached hydrogen (secondary N) is 1. The fourth-order valence-corrected chi connectivity index (χ4v) is 4.17. The maximum atomic E-state index is 14.6. The molecule has 0 radical (unpaired) electrons. The number of aromatic amines is 1. The number of hydrogen-bond donors (Lipinski definition) is 1. The molecule has 1 N–H and O–H groups in total. The van der Waals surface area contributed by atoms with E-state index in [-0.39, 0.29) is 43.0 Å². The van der Waals surface area contributed by atoms with E-state index in [0.717, 1.165) is 6.92 Å². The molecule has 1 amide bonds. The lowest BCUT2D eigenvalue weighted by Gasteiger charge is -2.28. The van der Waals surface area contributed by atoms with Crippen LogP contribution in [0.5, 0.6) is 0 Å². The molecule has 2 aromatic heterocycles. The van der Waals surface area contributed by atoms with Crippen LogP contribution < -0.4 is 5.56 Å². The van der Waals surface area contributed by atoms with Crippen LogP contribution in [0.4, 0.5) is 13.2 Å². The zero-order valence-corrected chi connectivity index (χ0v) is 18.1. The summed E-state index contributed by atoms with van der Waals surface area (Å²) in [7, 11) is 0. The quantitative estimate of drug-likeness (QED) is 0.497. The van der Waals surface area contributed by atoms with Gasteiger partial charge in [0.25, 0.3) is 11.5 Å². The lowest BCUT2D eigenvalue weighted by atomic mass is 10.0. The highest BCUT2D eigenvalue weighted by Crippen LogP contribution is 2.28. The number of carbonyl (C=O) groups is 1. The second kappa shape index (κ2) is 8.08.